The van der Waals surface area contributed by atoms with Gasteiger partial charge in [-0.05, 0) is 41.0 Å². The van der Waals surface area contributed by atoms with Crippen LogP contribution >= 0.6 is 0 Å². The summed E-state index contributed by atoms with van der Waals surface area (Å²) in [4.78, 5) is 27.1. The predicted octanol–water partition coefficient (Wildman–Crippen LogP) is 7.12. The highest BCUT2D eigenvalue weighted by atomic mass is 16.5. The molecule has 0 aromatic heterocycles. The van der Waals surface area contributed by atoms with E-state index in [0.717, 1.165) is 5.56 Å². The summed E-state index contributed by atoms with van der Waals surface area (Å²) >= 11 is 0. The molecule has 0 aliphatic carbocycles. The average Bonchev–Trinajstić information content (AvgIpc) is 2.96. The number of carbonyl (C=O) groups excluding carboxylic acids is 1. The summed E-state index contributed by atoms with van der Waals surface area (Å²) in [5.74, 6) is -1.00. The summed E-state index contributed by atoms with van der Waals surface area (Å²) in [6, 6.07) is 40.6. The molecule has 0 aliphatic heterocycles. The van der Waals surface area contributed by atoms with Crippen molar-refractivity contribution in [3.8, 4) is 28.4 Å². The number of hydrogen-bond acceptors (Lipinski definition) is 4. The molecule has 38 heavy (non-hydrogen) atoms. The standard InChI is InChI=1S/C33H24O5/c34-31(35)33(25-16-7-2-8-17-25,26-18-9-3-10-19-26)32(36)38-29-23-13-22-28(37-27-20-11-4-12-21-27)30(29)24-14-5-1-6-15-24/h1-23H,(H,34,35). The van der Waals surface area contributed by atoms with Gasteiger partial charge in [-0.1, -0.05) is 115 Å². The van der Waals surface area contributed by atoms with Gasteiger partial charge in [-0.25, -0.2) is 4.79 Å². The maximum Gasteiger partial charge on any atom is 0.338 e. The lowest BCUT2D eigenvalue weighted by molar-refractivity contribution is -0.153. The van der Waals surface area contributed by atoms with Gasteiger partial charge in [0.1, 0.15) is 17.2 Å². The minimum atomic E-state index is -2.09. The lowest BCUT2D eigenvalue weighted by Gasteiger charge is -2.29. The summed E-state index contributed by atoms with van der Waals surface area (Å²) in [7, 11) is 0. The van der Waals surface area contributed by atoms with E-state index in [0.29, 0.717) is 28.2 Å². The summed E-state index contributed by atoms with van der Waals surface area (Å²) in [6.07, 6.45) is 0. The number of carboxylic acids is 1. The molecule has 0 atom stereocenters. The van der Waals surface area contributed by atoms with Gasteiger partial charge in [0.15, 0.2) is 0 Å². The molecule has 0 spiro atoms. The third-order valence-electron chi connectivity index (χ3n) is 6.26. The van der Waals surface area contributed by atoms with Crippen molar-refractivity contribution < 1.29 is 24.2 Å². The van der Waals surface area contributed by atoms with Crippen LogP contribution in [0.5, 0.6) is 17.2 Å². The Labute approximate surface area is 220 Å². The van der Waals surface area contributed by atoms with E-state index in [9.17, 15) is 14.7 Å². The highest BCUT2D eigenvalue weighted by Gasteiger charge is 2.51. The van der Waals surface area contributed by atoms with Crippen molar-refractivity contribution in [1.82, 2.24) is 0 Å². The monoisotopic (exact) mass is 500 g/mol. The fourth-order valence-electron chi connectivity index (χ4n) is 4.48. The number of ether oxygens (including phenoxy) is 2. The van der Waals surface area contributed by atoms with Gasteiger partial charge in [-0.3, -0.25) is 4.79 Å². The molecule has 5 rings (SSSR count). The first-order valence-corrected chi connectivity index (χ1v) is 12.1. The van der Waals surface area contributed by atoms with Crippen LogP contribution in [0, 0.1) is 0 Å². The summed E-state index contributed by atoms with van der Waals surface area (Å²) in [5, 5.41) is 10.6. The molecule has 186 valence electrons. The van der Waals surface area contributed by atoms with Gasteiger partial charge in [0.25, 0.3) is 0 Å². The summed E-state index contributed by atoms with van der Waals surface area (Å²) in [6.45, 7) is 0. The molecule has 5 heteroatoms. The number of carbonyl (C=O) groups is 2. The van der Waals surface area contributed by atoms with Crippen molar-refractivity contribution >= 4 is 11.9 Å². The first kappa shape index (κ1) is 24.5. The maximum atomic E-state index is 14.1. The molecule has 0 saturated carbocycles. The van der Waals surface area contributed by atoms with Crippen molar-refractivity contribution in [3.63, 3.8) is 0 Å². The van der Waals surface area contributed by atoms with Gasteiger partial charge < -0.3 is 14.6 Å². The van der Waals surface area contributed by atoms with E-state index in [1.807, 2.05) is 60.7 Å². The van der Waals surface area contributed by atoms with Gasteiger partial charge in [0.05, 0.1) is 5.56 Å². The number of aliphatic carboxylic acids is 1. The third kappa shape index (κ3) is 4.65. The third-order valence-corrected chi connectivity index (χ3v) is 6.26. The van der Waals surface area contributed by atoms with Gasteiger partial charge >= 0.3 is 11.9 Å². The largest absolute Gasteiger partial charge is 0.480 e. The van der Waals surface area contributed by atoms with Crippen LogP contribution in [0.15, 0.2) is 140 Å². The van der Waals surface area contributed by atoms with E-state index in [2.05, 4.69) is 0 Å². The first-order valence-electron chi connectivity index (χ1n) is 12.1. The van der Waals surface area contributed by atoms with E-state index in [-0.39, 0.29) is 5.75 Å². The van der Waals surface area contributed by atoms with Crippen molar-refractivity contribution in [3.05, 3.63) is 151 Å². The van der Waals surface area contributed by atoms with Crippen LogP contribution in [-0.2, 0) is 15.0 Å². The number of benzene rings is 5. The van der Waals surface area contributed by atoms with Gasteiger partial charge in [0, 0.05) is 0 Å². The number of hydrogen-bond donors (Lipinski definition) is 1. The Morgan fingerprint density at radius 3 is 1.55 bits per heavy atom. The molecule has 1 N–H and O–H groups in total. The van der Waals surface area contributed by atoms with Crippen molar-refractivity contribution in [2.24, 2.45) is 0 Å². The first-order chi connectivity index (χ1) is 18.6. The second-order valence-corrected chi connectivity index (χ2v) is 8.59. The normalized spacial score (nSPS) is 10.9. The number of esters is 1. The Morgan fingerprint density at radius 1 is 0.553 bits per heavy atom. The zero-order valence-electron chi connectivity index (χ0n) is 20.4. The van der Waals surface area contributed by atoms with Crippen LogP contribution in [0.1, 0.15) is 11.1 Å². The Balaban J connectivity index is 1.66. The molecule has 0 saturated heterocycles. The summed E-state index contributed by atoms with van der Waals surface area (Å²) in [5.41, 5.74) is -0.219. The topological polar surface area (TPSA) is 72.8 Å². The van der Waals surface area contributed by atoms with Crippen molar-refractivity contribution in [2.45, 2.75) is 5.41 Å². The Kier molecular flexibility index (Phi) is 7.00. The maximum absolute atomic E-state index is 14.1. The Bertz CT molecular complexity index is 1490. The fourth-order valence-corrected chi connectivity index (χ4v) is 4.48. The Morgan fingerprint density at radius 2 is 1.03 bits per heavy atom. The molecule has 5 aromatic rings. The lowest BCUT2D eigenvalue weighted by Crippen LogP contribution is -2.47. The van der Waals surface area contributed by atoms with E-state index in [1.54, 1.807) is 78.9 Å². The van der Waals surface area contributed by atoms with Crippen LogP contribution in [0.2, 0.25) is 0 Å². The van der Waals surface area contributed by atoms with Crippen LogP contribution in [-0.4, -0.2) is 17.0 Å². The molecule has 0 amide bonds. The van der Waals surface area contributed by atoms with Crippen molar-refractivity contribution in [1.29, 1.82) is 0 Å². The van der Waals surface area contributed by atoms with Gasteiger partial charge in [-0.2, -0.15) is 0 Å². The second-order valence-electron chi connectivity index (χ2n) is 8.59. The van der Waals surface area contributed by atoms with Gasteiger partial charge in [0.2, 0.25) is 5.41 Å². The molecule has 0 fully saturated rings. The SMILES string of the molecule is O=C(O)C(C(=O)Oc1cccc(Oc2ccccc2)c1-c1ccccc1)(c1ccccc1)c1ccccc1. The number of rotatable bonds is 8. The molecule has 0 aliphatic rings. The molecule has 5 aromatic carbocycles. The molecule has 0 unspecified atom stereocenters. The minimum Gasteiger partial charge on any atom is -0.480 e. The number of para-hydroxylation sites is 1. The van der Waals surface area contributed by atoms with Crippen LogP contribution in [0.3, 0.4) is 0 Å². The van der Waals surface area contributed by atoms with Crippen molar-refractivity contribution in [2.75, 3.05) is 0 Å². The van der Waals surface area contributed by atoms with E-state index < -0.39 is 17.4 Å². The second kappa shape index (κ2) is 10.8. The lowest BCUT2D eigenvalue weighted by atomic mass is 9.74. The quantitative estimate of drug-likeness (QED) is 0.139. The smallest absolute Gasteiger partial charge is 0.338 e. The molecular weight excluding hydrogens is 476 g/mol. The van der Waals surface area contributed by atoms with Gasteiger partial charge in [-0.15, -0.1) is 0 Å². The molecule has 0 bridgehead atoms. The van der Waals surface area contributed by atoms with E-state index in [4.69, 9.17) is 9.47 Å². The average molecular weight is 501 g/mol. The zero-order chi connectivity index (χ0) is 26.4. The van der Waals surface area contributed by atoms with E-state index >= 15 is 0 Å². The van der Waals surface area contributed by atoms with E-state index in [1.165, 1.54) is 0 Å². The zero-order valence-corrected chi connectivity index (χ0v) is 20.4. The minimum absolute atomic E-state index is 0.187. The molecule has 0 heterocycles. The van der Waals surface area contributed by atoms with Crippen LogP contribution in [0.25, 0.3) is 11.1 Å². The van der Waals surface area contributed by atoms with Crippen LogP contribution in [0.4, 0.5) is 0 Å². The van der Waals surface area contributed by atoms with Crippen LogP contribution < -0.4 is 9.47 Å². The molecule has 0 radical (unpaired) electrons. The number of carboxylic acid groups (broad SMARTS) is 1. The highest BCUT2D eigenvalue weighted by Crippen LogP contribution is 2.42. The molecular formula is C33H24O5. The molecule has 5 nitrogen and oxygen atoms in total. The Hall–Kier alpha value is -5.16. The summed E-state index contributed by atoms with van der Waals surface area (Å²) < 4.78 is 12.2. The highest BCUT2D eigenvalue weighted by molar-refractivity contribution is 6.10. The predicted molar refractivity (Wildman–Crippen MR) is 145 cm³/mol. The fraction of sp³-hybridized carbons (Fsp3) is 0.0303.